The largest absolute Gasteiger partial charge is 0.377 e. The first-order valence-electron chi connectivity index (χ1n) is 7.08. The fourth-order valence-electron chi connectivity index (χ4n) is 2.36. The maximum atomic E-state index is 12.3. The van der Waals surface area contributed by atoms with Crippen LogP contribution in [0.25, 0.3) is 0 Å². The average molecular weight is 276 g/mol. The molecule has 2 aliphatic rings. The minimum absolute atomic E-state index is 0.0344. The van der Waals surface area contributed by atoms with Gasteiger partial charge >= 0.3 is 0 Å². The first-order chi connectivity index (χ1) is 9.78. The molecule has 1 saturated heterocycles. The van der Waals surface area contributed by atoms with Crippen molar-refractivity contribution in [3.63, 3.8) is 0 Å². The highest BCUT2D eigenvalue weighted by Gasteiger charge is 2.33. The Hall–Kier alpha value is -1.66. The number of morpholine rings is 1. The predicted molar refractivity (Wildman–Crippen MR) is 75.2 cm³/mol. The summed E-state index contributed by atoms with van der Waals surface area (Å²) in [6.07, 6.45) is 2.17. The number of rotatable bonds is 4. The molecule has 1 aromatic rings. The van der Waals surface area contributed by atoms with Crippen molar-refractivity contribution in [2.45, 2.75) is 31.5 Å². The molecule has 1 aliphatic heterocycles. The van der Waals surface area contributed by atoms with E-state index in [1.165, 1.54) is 0 Å². The van der Waals surface area contributed by atoms with Crippen LogP contribution >= 0.6 is 0 Å². The van der Waals surface area contributed by atoms with Crippen molar-refractivity contribution in [2.24, 2.45) is 5.73 Å². The van der Waals surface area contributed by atoms with Gasteiger partial charge < -0.3 is 20.7 Å². The van der Waals surface area contributed by atoms with Crippen LogP contribution in [0.4, 0.5) is 5.82 Å². The van der Waals surface area contributed by atoms with E-state index in [-0.39, 0.29) is 11.9 Å². The monoisotopic (exact) mass is 276 g/mol. The summed E-state index contributed by atoms with van der Waals surface area (Å²) in [6, 6.07) is 5.79. The minimum atomic E-state index is -0.301. The number of pyridine rings is 1. The standard InChI is InChI=1S/C14H20N4O2/c15-8-11-2-1-3-13(16-11)18-6-7-20-9-12(18)14(19)17-10-4-5-10/h1-3,10,12H,4-9,15H2,(H,17,19). The molecule has 1 saturated carbocycles. The normalized spacial score (nSPS) is 22.6. The van der Waals surface area contributed by atoms with E-state index in [1.54, 1.807) is 0 Å². The number of nitrogens with one attached hydrogen (secondary N) is 1. The Morgan fingerprint density at radius 1 is 1.50 bits per heavy atom. The molecule has 6 heteroatoms. The molecule has 2 fully saturated rings. The number of amides is 1. The SMILES string of the molecule is NCc1cccc(N2CCOCC2C(=O)NC2CC2)n1. The number of anilines is 1. The number of aromatic nitrogens is 1. The van der Waals surface area contributed by atoms with Crippen molar-refractivity contribution < 1.29 is 9.53 Å². The molecule has 3 N–H and O–H groups in total. The van der Waals surface area contributed by atoms with E-state index in [0.717, 1.165) is 24.4 Å². The fraction of sp³-hybridized carbons (Fsp3) is 0.571. The van der Waals surface area contributed by atoms with Gasteiger partial charge in [0.2, 0.25) is 5.91 Å². The highest BCUT2D eigenvalue weighted by Crippen LogP contribution is 2.21. The molecule has 0 radical (unpaired) electrons. The van der Waals surface area contributed by atoms with Gasteiger partial charge in [0.25, 0.3) is 0 Å². The zero-order valence-corrected chi connectivity index (χ0v) is 11.4. The molecule has 0 aromatic carbocycles. The molecule has 1 aromatic heterocycles. The van der Waals surface area contributed by atoms with Crippen molar-refractivity contribution in [3.8, 4) is 0 Å². The van der Waals surface area contributed by atoms with E-state index >= 15 is 0 Å². The van der Waals surface area contributed by atoms with Crippen LogP contribution in [-0.2, 0) is 16.1 Å². The summed E-state index contributed by atoms with van der Waals surface area (Å²) in [6.45, 7) is 2.09. The first kappa shape index (κ1) is 13.3. The Balaban J connectivity index is 1.77. The third kappa shape index (κ3) is 2.91. The van der Waals surface area contributed by atoms with Crippen molar-refractivity contribution in [1.82, 2.24) is 10.3 Å². The third-order valence-corrected chi connectivity index (χ3v) is 3.65. The first-order valence-corrected chi connectivity index (χ1v) is 7.08. The van der Waals surface area contributed by atoms with Crippen LogP contribution in [0.15, 0.2) is 18.2 Å². The van der Waals surface area contributed by atoms with Gasteiger partial charge in [-0.3, -0.25) is 4.79 Å². The van der Waals surface area contributed by atoms with E-state index in [0.29, 0.717) is 32.3 Å². The fourth-order valence-corrected chi connectivity index (χ4v) is 2.36. The highest BCUT2D eigenvalue weighted by atomic mass is 16.5. The summed E-state index contributed by atoms with van der Waals surface area (Å²) in [7, 11) is 0. The topological polar surface area (TPSA) is 80.5 Å². The molecule has 1 aliphatic carbocycles. The number of hydrogen-bond donors (Lipinski definition) is 2. The lowest BCUT2D eigenvalue weighted by Crippen LogP contribution is -2.54. The Morgan fingerprint density at radius 2 is 2.35 bits per heavy atom. The van der Waals surface area contributed by atoms with Gasteiger partial charge in [0.1, 0.15) is 11.9 Å². The molecule has 3 rings (SSSR count). The van der Waals surface area contributed by atoms with Gasteiger partial charge in [-0.05, 0) is 25.0 Å². The number of hydrogen-bond acceptors (Lipinski definition) is 5. The lowest BCUT2D eigenvalue weighted by molar-refractivity contribution is -0.124. The minimum Gasteiger partial charge on any atom is -0.377 e. The van der Waals surface area contributed by atoms with Crippen LogP contribution in [0.2, 0.25) is 0 Å². The van der Waals surface area contributed by atoms with Crippen LogP contribution in [0.5, 0.6) is 0 Å². The molecule has 108 valence electrons. The van der Waals surface area contributed by atoms with E-state index in [9.17, 15) is 4.79 Å². The van der Waals surface area contributed by atoms with Crippen molar-refractivity contribution in [3.05, 3.63) is 23.9 Å². The molecular formula is C14H20N4O2. The van der Waals surface area contributed by atoms with Gasteiger partial charge in [-0.25, -0.2) is 4.98 Å². The number of carbonyl (C=O) groups is 1. The summed E-state index contributed by atoms with van der Waals surface area (Å²) in [5, 5.41) is 3.04. The summed E-state index contributed by atoms with van der Waals surface area (Å²) < 4.78 is 5.46. The van der Waals surface area contributed by atoms with Crippen LogP contribution < -0.4 is 16.0 Å². The molecular weight excluding hydrogens is 256 g/mol. The van der Waals surface area contributed by atoms with E-state index in [4.69, 9.17) is 10.5 Å². The summed E-state index contributed by atoms with van der Waals surface area (Å²) in [5.74, 6) is 0.833. The van der Waals surface area contributed by atoms with E-state index in [2.05, 4.69) is 10.3 Å². The Kier molecular flexibility index (Phi) is 3.84. The molecule has 6 nitrogen and oxygen atoms in total. The van der Waals surface area contributed by atoms with Gasteiger partial charge in [0, 0.05) is 19.1 Å². The van der Waals surface area contributed by atoms with E-state index < -0.39 is 0 Å². The van der Waals surface area contributed by atoms with Crippen LogP contribution in [0.1, 0.15) is 18.5 Å². The summed E-state index contributed by atoms with van der Waals surface area (Å²) >= 11 is 0. The Morgan fingerprint density at radius 3 is 3.10 bits per heavy atom. The van der Waals surface area contributed by atoms with Gasteiger partial charge in [-0.1, -0.05) is 6.07 Å². The number of ether oxygens (including phenoxy) is 1. The second-order valence-corrected chi connectivity index (χ2v) is 5.26. The molecule has 1 amide bonds. The molecule has 1 unspecified atom stereocenters. The lowest BCUT2D eigenvalue weighted by atomic mass is 10.2. The Bertz CT molecular complexity index is 490. The third-order valence-electron chi connectivity index (χ3n) is 3.65. The van der Waals surface area contributed by atoms with Gasteiger partial charge in [-0.15, -0.1) is 0 Å². The Labute approximate surface area is 118 Å². The zero-order valence-electron chi connectivity index (χ0n) is 11.4. The average Bonchev–Trinajstić information content (AvgIpc) is 3.31. The molecule has 0 bridgehead atoms. The van der Waals surface area contributed by atoms with Gasteiger partial charge in [0.05, 0.1) is 18.9 Å². The molecule has 1 atom stereocenters. The van der Waals surface area contributed by atoms with Crippen molar-refractivity contribution >= 4 is 11.7 Å². The second kappa shape index (κ2) is 5.76. The van der Waals surface area contributed by atoms with Crippen LogP contribution in [-0.4, -0.2) is 42.7 Å². The maximum Gasteiger partial charge on any atom is 0.245 e. The quantitative estimate of drug-likeness (QED) is 0.810. The van der Waals surface area contributed by atoms with Gasteiger partial charge in [-0.2, -0.15) is 0 Å². The summed E-state index contributed by atoms with van der Waals surface area (Å²) in [5.41, 5.74) is 6.46. The van der Waals surface area contributed by atoms with Crippen LogP contribution in [0.3, 0.4) is 0 Å². The second-order valence-electron chi connectivity index (χ2n) is 5.26. The predicted octanol–water partition coefficient (Wildman–Crippen LogP) is 0.0241. The number of nitrogens with zero attached hydrogens (tertiary/aromatic N) is 2. The maximum absolute atomic E-state index is 12.3. The summed E-state index contributed by atoms with van der Waals surface area (Å²) in [4.78, 5) is 18.8. The smallest absolute Gasteiger partial charge is 0.245 e. The molecule has 2 heterocycles. The highest BCUT2D eigenvalue weighted by molar-refractivity contribution is 5.85. The van der Waals surface area contributed by atoms with E-state index in [1.807, 2.05) is 23.1 Å². The number of carbonyl (C=O) groups excluding carboxylic acids is 1. The number of nitrogens with two attached hydrogens (primary N) is 1. The van der Waals surface area contributed by atoms with Crippen LogP contribution in [0, 0.1) is 0 Å². The van der Waals surface area contributed by atoms with Crippen molar-refractivity contribution in [2.75, 3.05) is 24.7 Å². The molecule has 0 spiro atoms. The zero-order chi connectivity index (χ0) is 13.9. The lowest BCUT2D eigenvalue weighted by Gasteiger charge is -2.35. The van der Waals surface area contributed by atoms with Gasteiger partial charge in [0.15, 0.2) is 0 Å². The van der Waals surface area contributed by atoms with Crippen molar-refractivity contribution in [1.29, 1.82) is 0 Å². The molecule has 20 heavy (non-hydrogen) atoms.